The van der Waals surface area contributed by atoms with Crippen LogP contribution in [-0.2, 0) is 4.79 Å². The molecule has 1 aliphatic rings. The minimum absolute atomic E-state index is 0.0261. The molecule has 0 saturated carbocycles. The van der Waals surface area contributed by atoms with E-state index in [-0.39, 0.29) is 11.7 Å². The van der Waals surface area contributed by atoms with Crippen molar-refractivity contribution in [3.8, 4) is 0 Å². The van der Waals surface area contributed by atoms with E-state index in [0.717, 1.165) is 6.42 Å². The number of Topliss-reactive ketones (excluding diaryl/α,β-unsaturated/α-hetero) is 1. The molecule has 60 valence electrons. The van der Waals surface area contributed by atoms with Crippen LogP contribution >= 0.6 is 11.6 Å². The zero-order chi connectivity index (χ0) is 8.10. The van der Waals surface area contributed by atoms with Crippen LogP contribution in [0.2, 0.25) is 0 Å². The average molecular weight is 171 g/mol. The second-order valence-corrected chi connectivity index (χ2v) is 2.93. The highest BCUT2D eigenvalue weighted by Crippen LogP contribution is 2.12. The molecule has 2 heteroatoms. The van der Waals surface area contributed by atoms with Gasteiger partial charge in [-0.25, -0.2) is 0 Å². The zero-order valence-corrected chi connectivity index (χ0v) is 7.05. The molecule has 0 heterocycles. The molecule has 0 aliphatic heterocycles. The summed E-state index contributed by atoms with van der Waals surface area (Å²) in [7, 11) is 0. The molecule has 0 atom stereocenters. The molecule has 0 fully saturated rings. The van der Waals surface area contributed by atoms with E-state index in [0.29, 0.717) is 12.3 Å². The van der Waals surface area contributed by atoms with E-state index in [4.69, 9.17) is 11.6 Å². The maximum Gasteiger partial charge on any atom is 0.143 e. The van der Waals surface area contributed by atoms with Crippen LogP contribution in [-0.4, -0.2) is 11.7 Å². The number of carbonyl (C=O) groups is 1. The van der Waals surface area contributed by atoms with Gasteiger partial charge >= 0.3 is 0 Å². The van der Waals surface area contributed by atoms with Crippen molar-refractivity contribution in [1.29, 1.82) is 0 Å². The molecule has 0 aromatic heterocycles. The highest BCUT2D eigenvalue weighted by Gasteiger charge is 2.12. The van der Waals surface area contributed by atoms with E-state index in [1.807, 2.05) is 24.3 Å². The lowest BCUT2D eigenvalue weighted by atomic mass is 10.0. The van der Waals surface area contributed by atoms with Crippen LogP contribution in [0.5, 0.6) is 0 Å². The molecular formula is C9H11ClO. The van der Waals surface area contributed by atoms with Gasteiger partial charge in [-0.1, -0.05) is 24.3 Å². The first-order valence-electron chi connectivity index (χ1n) is 3.78. The Labute approximate surface area is 71.7 Å². The monoisotopic (exact) mass is 170 g/mol. The third-order valence-corrected chi connectivity index (χ3v) is 1.94. The Morgan fingerprint density at radius 3 is 2.55 bits per heavy atom. The number of halogens is 1. The zero-order valence-electron chi connectivity index (χ0n) is 6.29. The molecule has 1 nitrogen and oxygen atoms in total. The Hall–Kier alpha value is -0.560. The summed E-state index contributed by atoms with van der Waals surface area (Å²) in [6, 6.07) is 0. The van der Waals surface area contributed by atoms with E-state index in [1.165, 1.54) is 0 Å². The normalized spacial score (nSPS) is 16.1. The first-order valence-corrected chi connectivity index (χ1v) is 4.31. The van der Waals surface area contributed by atoms with Gasteiger partial charge in [0.15, 0.2) is 0 Å². The van der Waals surface area contributed by atoms with E-state index in [2.05, 4.69) is 0 Å². The quantitative estimate of drug-likeness (QED) is 0.592. The Bertz CT molecular complexity index is 182. The van der Waals surface area contributed by atoms with Crippen LogP contribution in [0.4, 0.5) is 0 Å². The minimum Gasteiger partial charge on any atom is -0.299 e. The van der Waals surface area contributed by atoms with Crippen LogP contribution in [0, 0.1) is 5.92 Å². The van der Waals surface area contributed by atoms with Crippen molar-refractivity contribution in [3.05, 3.63) is 24.3 Å². The molecule has 0 bridgehead atoms. The fraction of sp³-hybridized carbons (Fsp3) is 0.444. The van der Waals surface area contributed by atoms with E-state index in [1.54, 1.807) is 0 Å². The predicted octanol–water partition coefficient (Wildman–Crippen LogP) is 2.32. The summed E-state index contributed by atoms with van der Waals surface area (Å²) in [6.07, 6.45) is 9.03. The lowest BCUT2D eigenvalue weighted by molar-refractivity contribution is -0.120. The maximum atomic E-state index is 11.2. The van der Waals surface area contributed by atoms with Gasteiger partial charge in [-0.2, -0.15) is 0 Å². The largest absolute Gasteiger partial charge is 0.299 e. The number of carbonyl (C=O) groups excluding carboxylic acids is 1. The Balaban J connectivity index is 2.30. The van der Waals surface area contributed by atoms with E-state index in [9.17, 15) is 4.79 Å². The topological polar surface area (TPSA) is 17.1 Å². The second kappa shape index (κ2) is 4.35. The minimum atomic E-state index is 0.0261. The summed E-state index contributed by atoms with van der Waals surface area (Å²) in [5.74, 6) is 0.875. The van der Waals surface area contributed by atoms with Gasteiger partial charge in [0.05, 0.1) is 5.92 Å². The molecule has 0 saturated heterocycles. The second-order valence-electron chi connectivity index (χ2n) is 2.55. The molecule has 1 aliphatic carbocycles. The third-order valence-electron chi connectivity index (χ3n) is 1.68. The molecule has 11 heavy (non-hydrogen) atoms. The predicted molar refractivity (Wildman–Crippen MR) is 46.7 cm³/mol. The molecule has 1 rings (SSSR count). The fourth-order valence-corrected chi connectivity index (χ4v) is 1.19. The van der Waals surface area contributed by atoms with Gasteiger partial charge in [-0.15, -0.1) is 11.6 Å². The van der Waals surface area contributed by atoms with Crippen LogP contribution in [0.25, 0.3) is 0 Å². The van der Waals surface area contributed by atoms with Crippen molar-refractivity contribution >= 4 is 17.4 Å². The number of rotatable bonds is 4. The summed E-state index contributed by atoms with van der Waals surface area (Å²) >= 11 is 5.46. The lowest BCUT2D eigenvalue weighted by Crippen LogP contribution is -2.07. The van der Waals surface area contributed by atoms with Gasteiger partial charge in [0, 0.05) is 12.3 Å². The number of ketones is 1. The Morgan fingerprint density at radius 2 is 2.00 bits per heavy atom. The molecule has 0 spiro atoms. The van der Waals surface area contributed by atoms with Gasteiger partial charge in [-0.05, 0) is 6.42 Å². The first kappa shape index (κ1) is 8.54. The van der Waals surface area contributed by atoms with Crippen molar-refractivity contribution in [2.24, 2.45) is 5.92 Å². The van der Waals surface area contributed by atoms with Crippen LogP contribution < -0.4 is 0 Å². The molecule has 0 aromatic carbocycles. The molecule has 0 amide bonds. The van der Waals surface area contributed by atoms with Crippen molar-refractivity contribution in [2.75, 3.05) is 5.88 Å². The van der Waals surface area contributed by atoms with Crippen LogP contribution in [0.1, 0.15) is 12.8 Å². The fourth-order valence-electron chi connectivity index (χ4n) is 1.05. The summed E-state index contributed by atoms with van der Waals surface area (Å²) < 4.78 is 0. The van der Waals surface area contributed by atoms with Gasteiger partial charge in [0.1, 0.15) is 5.78 Å². The number of hydrogen-bond acceptors (Lipinski definition) is 1. The van der Waals surface area contributed by atoms with Gasteiger partial charge in [0.2, 0.25) is 0 Å². The van der Waals surface area contributed by atoms with Crippen molar-refractivity contribution in [1.82, 2.24) is 0 Å². The van der Waals surface area contributed by atoms with E-state index >= 15 is 0 Å². The van der Waals surface area contributed by atoms with Crippen molar-refractivity contribution < 1.29 is 4.79 Å². The number of hydrogen-bond donors (Lipinski definition) is 0. The summed E-state index contributed by atoms with van der Waals surface area (Å²) in [5, 5.41) is 0. The summed E-state index contributed by atoms with van der Waals surface area (Å²) in [5.41, 5.74) is 0. The first-order chi connectivity index (χ1) is 5.34. The smallest absolute Gasteiger partial charge is 0.143 e. The summed E-state index contributed by atoms with van der Waals surface area (Å²) in [6.45, 7) is 0. The van der Waals surface area contributed by atoms with Gasteiger partial charge in [0.25, 0.3) is 0 Å². The molecule has 0 unspecified atom stereocenters. The molecule has 0 aromatic rings. The van der Waals surface area contributed by atoms with Gasteiger partial charge < -0.3 is 0 Å². The third kappa shape index (κ3) is 2.51. The van der Waals surface area contributed by atoms with Gasteiger partial charge in [-0.3, -0.25) is 4.79 Å². The maximum absolute atomic E-state index is 11.2. The standard InChI is InChI=1S/C9H11ClO/c10-7-3-6-9(11)8-4-1-2-5-8/h1-2,4-5,8H,3,6-7H2. The molecule has 0 radical (unpaired) electrons. The van der Waals surface area contributed by atoms with Crippen molar-refractivity contribution in [3.63, 3.8) is 0 Å². The highest BCUT2D eigenvalue weighted by molar-refractivity contribution is 6.17. The molecule has 0 N–H and O–H groups in total. The Kier molecular flexibility index (Phi) is 3.37. The lowest BCUT2D eigenvalue weighted by Gasteiger charge is -2.01. The van der Waals surface area contributed by atoms with E-state index < -0.39 is 0 Å². The van der Waals surface area contributed by atoms with Crippen LogP contribution in [0.15, 0.2) is 24.3 Å². The number of alkyl halides is 1. The van der Waals surface area contributed by atoms with Crippen LogP contribution in [0.3, 0.4) is 0 Å². The summed E-state index contributed by atoms with van der Waals surface area (Å²) in [4.78, 5) is 11.2. The van der Waals surface area contributed by atoms with Crippen molar-refractivity contribution in [2.45, 2.75) is 12.8 Å². The highest BCUT2D eigenvalue weighted by atomic mass is 35.5. The number of allylic oxidation sites excluding steroid dienone is 4. The Morgan fingerprint density at radius 1 is 1.36 bits per heavy atom. The molecular weight excluding hydrogens is 160 g/mol. The SMILES string of the molecule is O=C(CCCCl)C1C=CC=C1. The average Bonchev–Trinajstić information content (AvgIpc) is 2.52.